The van der Waals surface area contributed by atoms with Gasteiger partial charge in [-0.25, -0.2) is 0 Å². The number of aryl methyl sites for hydroxylation is 1. The highest BCUT2D eigenvalue weighted by atomic mass is 16.3. The molecule has 0 aromatic heterocycles. The van der Waals surface area contributed by atoms with Gasteiger partial charge in [0.1, 0.15) is 0 Å². The Morgan fingerprint density at radius 1 is 1.44 bits per heavy atom. The summed E-state index contributed by atoms with van der Waals surface area (Å²) in [6.07, 6.45) is 0.460. The average molecular weight is 247 g/mol. The van der Waals surface area contributed by atoms with Crippen molar-refractivity contribution in [2.45, 2.75) is 33.1 Å². The molecule has 0 spiro atoms. The van der Waals surface area contributed by atoms with Crippen LogP contribution in [0.2, 0.25) is 0 Å². The highest BCUT2D eigenvalue weighted by Crippen LogP contribution is 2.30. The van der Waals surface area contributed by atoms with Crippen LogP contribution in [0.25, 0.3) is 0 Å². The second-order valence-electron chi connectivity index (χ2n) is 5.46. The van der Waals surface area contributed by atoms with Crippen molar-refractivity contribution in [1.29, 1.82) is 0 Å². The van der Waals surface area contributed by atoms with Gasteiger partial charge in [0.2, 0.25) is 5.91 Å². The third-order valence-corrected chi connectivity index (χ3v) is 3.65. The van der Waals surface area contributed by atoms with Crippen molar-refractivity contribution < 1.29 is 9.90 Å². The monoisotopic (exact) mass is 247 g/mol. The van der Waals surface area contributed by atoms with Crippen molar-refractivity contribution in [3.63, 3.8) is 0 Å². The minimum absolute atomic E-state index is 0.0830. The Balaban J connectivity index is 2.33. The molecule has 2 rings (SSSR count). The maximum absolute atomic E-state index is 12.0. The zero-order chi connectivity index (χ0) is 13.3. The Hall–Kier alpha value is -1.35. The molecule has 1 amide bonds. The molecule has 0 saturated carbocycles. The fourth-order valence-corrected chi connectivity index (χ4v) is 2.41. The molecular weight excluding hydrogens is 226 g/mol. The van der Waals surface area contributed by atoms with Crippen molar-refractivity contribution in [3.8, 4) is 0 Å². The van der Waals surface area contributed by atoms with Gasteiger partial charge in [-0.2, -0.15) is 0 Å². The number of aliphatic hydroxyl groups is 1. The molecule has 0 radical (unpaired) electrons. The molecule has 1 aliphatic rings. The van der Waals surface area contributed by atoms with E-state index in [2.05, 4.69) is 32.0 Å². The van der Waals surface area contributed by atoms with Gasteiger partial charge in [0.25, 0.3) is 0 Å². The Labute approximate surface area is 108 Å². The first-order valence-electron chi connectivity index (χ1n) is 6.54. The number of carbonyl (C=O) groups excluding carboxylic acids is 1. The molecule has 18 heavy (non-hydrogen) atoms. The summed E-state index contributed by atoms with van der Waals surface area (Å²) < 4.78 is 0. The highest BCUT2D eigenvalue weighted by molar-refractivity contribution is 5.96. The van der Waals surface area contributed by atoms with E-state index in [9.17, 15) is 9.90 Å². The number of hydrogen-bond acceptors (Lipinski definition) is 2. The molecule has 1 aliphatic heterocycles. The molecule has 1 aromatic rings. The summed E-state index contributed by atoms with van der Waals surface area (Å²) in [6, 6.07) is 6.30. The van der Waals surface area contributed by atoms with Crippen LogP contribution in [0.3, 0.4) is 0 Å². The van der Waals surface area contributed by atoms with Gasteiger partial charge in [0.15, 0.2) is 0 Å². The summed E-state index contributed by atoms with van der Waals surface area (Å²) >= 11 is 0. The second kappa shape index (κ2) is 5.11. The van der Waals surface area contributed by atoms with Crippen molar-refractivity contribution in [2.75, 3.05) is 18.1 Å². The Morgan fingerprint density at radius 3 is 2.72 bits per heavy atom. The van der Waals surface area contributed by atoms with E-state index in [1.54, 1.807) is 0 Å². The summed E-state index contributed by atoms with van der Waals surface area (Å²) in [5.74, 6) is 0.661. The molecule has 1 heterocycles. The van der Waals surface area contributed by atoms with Gasteiger partial charge >= 0.3 is 0 Å². The van der Waals surface area contributed by atoms with Gasteiger partial charge < -0.3 is 10.0 Å². The molecule has 1 unspecified atom stereocenters. The zero-order valence-corrected chi connectivity index (χ0v) is 11.3. The largest absolute Gasteiger partial charge is 0.396 e. The van der Waals surface area contributed by atoms with Gasteiger partial charge in [-0.3, -0.25) is 4.79 Å². The summed E-state index contributed by atoms with van der Waals surface area (Å²) in [6.45, 7) is 7.05. The standard InChI is InChI=1S/C15H21NO2/c1-10(2)13-5-4-11(3)14(7-13)16-8-12(9-17)6-15(16)18/h4-5,7,10,12,17H,6,8-9H2,1-3H3. The van der Waals surface area contributed by atoms with Crippen LogP contribution in [0, 0.1) is 12.8 Å². The van der Waals surface area contributed by atoms with E-state index in [-0.39, 0.29) is 18.4 Å². The number of nitrogens with zero attached hydrogens (tertiary/aromatic N) is 1. The predicted octanol–water partition coefficient (Wildman–Crippen LogP) is 2.46. The molecule has 1 N–H and O–H groups in total. The van der Waals surface area contributed by atoms with E-state index in [1.165, 1.54) is 5.56 Å². The Bertz CT molecular complexity index is 454. The first-order chi connectivity index (χ1) is 8.52. The first kappa shape index (κ1) is 13.1. The van der Waals surface area contributed by atoms with Gasteiger partial charge in [0, 0.05) is 31.2 Å². The smallest absolute Gasteiger partial charge is 0.227 e. The second-order valence-corrected chi connectivity index (χ2v) is 5.46. The van der Waals surface area contributed by atoms with Crippen LogP contribution in [0.15, 0.2) is 18.2 Å². The Morgan fingerprint density at radius 2 is 2.17 bits per heavy atom. The van der Waals surface area contributed by atoms with Crippen LogP contribution in [-0.4, -0.2) is 24.2 Å². The van der Waals surface area contributed by atoms with Crippen LogP contribution >= 0.6 is 0 Å². The van der Waals surface area contributed by atoms with Crippen molar-refractivity contribution in [3.05, 3.63) is 29.3 Å². The zero-order valence-electron chi connectivity index (χ0n) is 11.3. The van der Waals surface area contributed by atoms with Crippen LogP contribution in [0.1, 0.15) is 37.3 Å². The maximum atomic E-state index is 12.0. The fourth-order valence-electron chi connectivity index (χ4n) is 2.41. The highest BCUT2D eigenvalue weighted by Gasteiger charge is 2.30. The van der Waals surface area contributed by atoms with Crippen LogP contribution in [-0.2, 0) is 4.79 Å². The molecule has 0 bridgehead atoms. The molecule has 3 heteroatoms. The lowest BCUT2D eigenvalue weighted by Gasteiger charge is -2.21. The van der Waals surface area contributed by atoms with E-state index in [1.807, 2.05) is 11.8 Å². The van der Waals surface area contributed by atoms with Crippen LogP contribution in [0.4, 0.5) is 5.69 Å². The van der Waals surface area contributed by atoms with E-state index in [0.29, 0.717) is 18.9 Å². The lowest BCUT2D eigenvalue weighted by molar-refractivity contribution is -0.117. The lowest BCUT2D eigenvalue weighted by atomic mass is 10.00. The minimum Gasteiger partial charge on any atom is -0.396 e. The average Bonchev–Trinajstić information content (AvgIpc) is 2.71. The van der Waals surface area contributed by atoms with E-state index in [0.717, 1.165) is 11.3 Å². The topological polar surface area (TPSA) is 40.5 Å². The predicted molar refractivity (Wildman–Crippen MR) is 72.8 cm³/mol. The van der Waals surface area contributed by atoms with Crippen LogP contribution < -0.4 is 4.90 Å². The third-order valence-electron chi connectivity index (χ3n) is 3.65. The van der Waals surface area contributed by atoms with Gasteiger partial charge in [-0.05, 0) is 30.0 Å². The number of amides is 1. The molecule has 0 aliphatic carbocycles. The van der Waals surface area contributed by atoms with E-state index >= 15 is 0 Å². The normalized spacial score (nSPS) is 19.9. The van der Waals surface area contributed by atoms with Crippen molar-refractivity contribution in [1.82, 2.24) is 0 Å². The molecule has 98 valence electrons. The quantitative estimate of drug-likeness (QED) is 0.891. The van der Waals surface area contributed by atoms with E-state index < -0.39 is 0 Å². The number of aliphatic hydroxyl groups excluding tert-OH is 1. The fraction of sp³-hybridized carbons (Fsp3) is 0.533. The third kappa shape index (κ3) is 2.41. The first-order valence-corrected chi connectivity index (χ1v) is 6.54. The summed E-state index contributed by atoms with van der Waals surface area (Å²) in [5, 5.41) is 9.18. The molecule has 3 nitrogen and oxygen atoms in total. The summed E-state index contributed by atoms with van der Waals surface area (Å²) in [5.41, 5.74) is 3.37. The maximum Gasteiger partial charge on any atom is 0.227 e. The lowest BCUT2D eigenvalue weighted by Crippen LogP contribution is -2.25. The van der Waals surface area contributed by atoms with Gasteiger partial charge in [-0.1, -0.05) is 26.0 Å². The SMILES string of the molecule is Cc1ccc(C(C)C)cc1N1CC(CO)CC1=O. The summed E-state index contributed by atoms with van der Waals surface area (Å²) in [4.78, 5) is 13.8. The Kier molecular flexibility index (Phi) is 3.71. The van der Waals surface area contributed by atoms with Crippen LogP contribution in [0.5, 0.6) is 0 Å². The molecular formula is C15H21NO2. The molecule has 1 saturated heterocycles. The number of carbonyl (C=O) groups is 1. The number of hydrogen-bond donors (Lipinski definition) is 1. The molecule has 1 atom stereocenters. The van der Waals surface area contributed by atoms with Crippen molar-refractivity contribution >= 4 is 11.6 Å². The molecule has 1 aromatic carbocycles. The number of benzene rings is 1. The number of rotatable bonds is 3. The van der Waals surface area contributed by atoms with Gasteiger partial charge in [-0.15, -0.1) is 0 Å². The van der Waals surface area contributed by atoms with Crippen molar-refractivity contribution in [2.24, 2.45) is 5.92 Å². The minimum atomic E-state index is 0.0830. The van der Waals surface area contributed by atoms with E-state index in [4.69, 9.17) is 0 Å². The summed E-state index contributed by atoms with van der Waals surface area (Å²) in [7, 11) is 0. The molecule has 1 fully saturated rings. The van der Waals surface area contributed by atoms with Gasteiger partial charge in [0.05, 0.1) is 0 Å². The number of anilines is 1.